The van der Waals surface area contributed by atoms with E-state index in [0.29, 0.717) is 23.3 Å². The highest BCUT2D eigenvalue weighted by atomic mass is 35.5. The Bertz CT molecular complexity index is 445. The number of nitrogens with two attached hydrogens (primary N) is 1. The summed E-state index contributed by atoms with van der Waals surface area (Å²) in [5.41, 5.74) is 7.33. The number of aromatic nitrogens is 2. The quantitative estimate of drug-likeness (QED) is 0.830. The molecule has 0 bridgehead atoms. The molecule has 0 spiro atoms. The monoisotopic (exact) mass is 235 g/mol. The number of ether oxygens (including phenoxy) is 1. The van der Waals surface area contributed by atoms with Gasteiger partial charge in [0.1, 0.15) is 6.61 Å². The summed E-state index contributed by atoms with van der Waals surface area (Å²) >= 11 is 5.68. The minimum absolute atomic E-state index is 0.310. The second-order valence-corrected chi connectivity index (χ2v) is 3.60. The van der Waals surface area contributed by atoms with Crippen molar-refractivity contribution in [2.45, 2.75) is 6.61 Å². The first-order valence-electron chi connectivity index (χ1n) is 4.69. The summed E-state index contributed by atoms with van der Waals surface area (Å²) in [6, 6.07) is 7.46. The Labute approximate surface area is 98.0 Å². The van der Waals surface area contributed by atoms with Gasteiger partial charge in [-0.25, -0.2) is 0 Å². The Morgan fingerprint density at radius 1 is 1.31 bits per heavy atom. The summed E-state index contributed by atoms with van der Waals surface area (Å²) in [6.45, 7) is 0.389. The summed E-state index contributed by atoms with van der Waals surface area (Å²) < 4.78 is 5.41. The normalized spacial score (nSPS) is 10.1. The molecule has 0 saturated heterocycles. The van der Waals surface area contributed by atoms with E-state index in [1.165, 1.54) is 12.4 Å². The molecule has 0 fully saturated rings. The first-order chi connectivity index (χ1) is 7.74. The zero-order chi connectivity index (χ0) is 11.4. The number of nitrogen functional groups attached to an aromatic ring is 1. The molecule has 0 radical (unpaired) electrons. The van der Waals surface area contributed by atoms with E-state index in [1.54, 1.807) is 0 Å². The van der Waals surface area contributed by atoms with E-state index in [2.05, 4.69) is 9.97 Å². The predicted molar refractivity (Wildman–Crippen MR) is 62.2 cm³/mol. The summed E-state index contributed by atoms with van der Waals surface area (Å²) in [5, 5.41) is 0.310. The van der Waals surface area contributed by atoms with E-state index < -0.39 is 0 Å². The van der Waals surface area contributed by atoms with E-state index in [1.807, 2.05) is 24.3 Å². The highest BCUT2D eigenvalue weighted by Gasteiger charge is 1.99. The first kappa shape index (κ1) is 10.7. The van der Waals surface area contributed by atoms with Crippen LogP contribution in [0.3, 0.4) is 0 Å². The van der Waals surface area contributed by atoms with Gasteiger partial charge in [-0.2, -0.15) is 4.98 Å². The van der Waals surface area contributed by atoms with Gasteiger partial charge in [-0.3, -0.25) is 4.98 Å². The van der Waals surface area contributed by atoms with E-state index in [4.69, 9.17) is 22.1 Å². The summed E-state index contributed by atoms with van der Waals surface area (Å²) in [7, 11) is 0. The largest absolute Gasteiger partial charge is 0.472 e. The molecule has 0 amide bonds. The van der Waals surface area contributed by atoms with Crippen LogP contribution in [0.1, 0.15) is 5.56 Å². The van der Waals surface area contributed by atoms with Crippen molar-refractivity contribution in [1.29, 1.82) is 0 Å². The molecule has 2 aromatic rings. The maximum atomic E-state index is 5.68. The number of rotatable bonds is 3. The number of benzene rings is 1. The lowest BCUT2D eigenvalue weighted by molar-refractivity contribution is 0.292. The Balaban J connectivity index is 2.02. The molecule has 82 valence electrons. The Hall–Kier alpha value is -1.81. The second kappa shape index (κ2) is 4.81. The SMILES string of the molecule is Nc1cccc(COc2cncc(Cl)n2)c1. The Morgan fingerprint density at radius 3 is 2.94 bits per heavy atom. The van der Waals surface area contributed by atoms with Crippen molar-refractivity contribution in [2.24, 2.45) is 0 Å². The van der Waals surface area contributed by atoms with Crippen LogP contribution < -0.4 is 10.5 Å². The maximum Gasteiger partial charge on any atom is 0.234 e. The minimum Gasteiger partial charge on any atom is -0.472 e. The molecule has 0 aliphatic carbocycles. The van der Waals surface area contributed by atoms with Crippen LogP contribution in [-0.4, -0.2) is 9.97 Å². The summed E-state index contributed by atoms with van der Waals surface area (Å²) in [4.78, 5) is 7.83. The molecule has 0 unspecified atom stereocenters. The van der Waals surface area contributed by atoms with E-state index in [-0.39, 0.29) is 0 Å². The zero-order valence-corrected chi connectivity index (χ0v) is 9.19. The van der Waals surface area contributed by atoms with Crippen molar-refractivity contribution in [3.8, 4) is 5.88 Å². The summed E-state index contributed by atoms with van der Waals surface area (Å²) in [5.74, 6) is 0.398. The molecule has 16 heavy (non-hydrogen) atoms. The fourth-order valence-electron chi connectivity index (χ4n) is 1.24. The number of nitrogens with zero attached hydrogens (tertiary/aromatic N) is 2. The maximum absolute atomic E-state index is 5.68. The third kappa shape index (κ3) is 2.84. The smallest absolute Gasteiger partial charge is 0.234 e. The number of hydrogen-bond donors (Lipinski definition) is 1. The zero-order valence-electron chi connectivity index (χ0n) is 8.43. The van der Waals surface area contributed by atoms with Crippen LogP contribution in [0.15, 0.2) is 36.7 Å². The fraction of sp³-hybridized carbons (Fsp3) is 0.0909. The van der Waals surface area contributed by atoms with Gasteiger partial charge in [-0.1, -0.05) is 23.7 Å². The molecule has 0 aliphatic heterocycles. The van der Waals surface area contributed by atoms with Crippen LogP contribution in [0.5, 0.6) is 5.88 Å². The number of anilines is 1. The van der Waals surface area contributed by atoms with Gasteiger partial charge in [0, 0.05) is 5.69 Å². The lowest BCUT2D eigenvalue weighted by Crippen LogP contribution is -1.98. The van der Waals surface area contributed by atoms with Crippen LogP contribution in [0.25, 0.3) is 0 Å². The average molecular weight is 236 g/mol. The Kier molecular flexibility index (Phi) is 3.22. The molecule has 4 nitrogen and oxygen atoms in total. The van der Waals surface area contributed by atoms with Crippen molar-refractivity contribution in [2.75, 3.05) is 5.73 Å². The van der Waals surface area contributed by atoms with Crippen LogP contribution >= 0.6 is 11.6 Å². The van der Waals surface area contributed by atoms with Crippen molar-refractivity contribution < 1.29 is 4.74 Å². The van der Waals surface area contributed by atoms with Crippen LogP contribution in [0.2, 0.25) is 5.15 Å². The van der Waals surface area contributed by atoms with Gasteiger partial charge in [0.25, 0.3) is 0 Å². The topological polar surface area (TPSA) is 61.0 Å². The molecule has 1 aromatic carbocycles. The lowest BCUT2D eigenvalue weighted by atomic mass is 10.2. The van der Waals surface area contributed by atoms with Gasteiger partial charge in [0.15, 0.2) is 5.15 Å². The Morgan fingerprint density at radius 2 is 2.19 bits per heavy atom. The number of hydrogen-bond acceptors (Lipinski definition) is 4. The van der Waals surface area contributed by atoms with Crippen molar-refractivity contribution in [1.82, 2.24) is 9.97 Å². The fourth-order valence-corrected chi connectivity index (χ4v) is 1.37. The van der Waals surface area contributed by atoms with Crippen LogP contribution in [-0.2, 0) is 6.61 Å². The molecular weight excluding hydrogens is 226 g/mol. The second-order valence-electron chi connectivity index (χ2n) is 3.21. The van der Waals surface area contributed by atoms with Gasteiger partial charge < -0.3 is 10.5 Å². The predicted octanol–water partition coefficient (Wildman–Crippen LogP) is 2.29. The highest BCUT2D eigenvalue weighted by molar-refractivity contribution is 6.29. The molecule has 1 heterocycles. The van der Waals surface area contributed by atoms with E-state index in [0.717, 1.165) is 5.56 Å². The van der Waals surface area contributed by atoms with Crippen LogP contribution in [0, 0.1) is 0 Å². The molecule has 0 aliphatic rings. The van der Waals surface area contributed by atoms with Crippen molar-refractivity contribution in [3.63, 3.8) is 0 Å². The molecule has 0 atom stereocenters. The average Bonchev–Trinajstić information content (AvgIpc) is 2.27. The van der Waals surface area contributed by atoms with Gasteiger partial charge in [0.05, 0.1) is 12.4 Å². The summed E-state index contributed by atoms with van der Waals surface area (Å²) in [6.07, 6.45) is 2.97. The van der Waals surface area contributed by atoms with E-state index in [9.17, 15) is 0 Å². The standard InChI is InChI=1S/C11H10ClN3O/c12-10-5-14-6-11(15-10)16-7-8-2-1-3-9(13)4-8/h1-6H,7,13H2. The minimum atomic E-state index is 0.310. The van der Waals surface area contributed by atoms with Crippen LogP contribution in [0.4, 0.5) is 5.69 Å². The molecule has 1 aromatic heterocycles. The highest BCUT2D eigenvalue weighted by Crippen LogP contribution is 2.12. The molecule has 2 N–H and O–H groups in total. The van der Waals surface area contributed by atoms with E-state index >= 15 is 0 Å². The molecule has 0 saturated carbocycles. The number of halogens is 1. The van der Waals surface area contributed by atoms with Gasteiger partial charge in [0.2, 0.25) is 5.88 Å². The van der Waals surface area contributed by atoms with Crippen molar-refractivity contribution >= 4 is 17.3 Å². The van der Waals surface area contributed by atoms with Crippen molar-refractivity contribution in [3.05, 3.63) is 47.4 Å². The third-order valence-corrected chi connectivity index (χ3v) is 2.10. The molecule has 2 rings (SSSR count). The first-order valence-corrected chi connectivity index (χ1v) is 5.06. The third-order valence-electron chi connectivity index (χ3n) is 1.92. The molecular formula is C11H10ClN3O. The van der Waals surface area contributed by atoms with Gasteiger partial charge in [-0.05, 0) is 17.7 Å². The molecule has 5 heteroatoms. The lowest BCUT2D eigenvalue weighted by Gasteiger charge is -2.05. The van der Waals surface area contributed by atoms with Gasteiger partial charge in [-0.15, -0.1) is 0 Å². The van der Waals surface area contributed by atoms with Gasteiger partial charge >= 0.3 is 0 Å².